The Morgan fingerprint density at radius 3 is 1.38 bits per heavy atom. The number of para-hydroxylation sites is 4. The van der Waals surface area contributed by atoms with Crippen LogP contribution in [0.4, 0.5) is 0 Å². The number of rotatable bonds is 3. The predicted octanol–water partition coefficient (Wildman–Crippen LogP) is 7.31. The zero-order valence-electron chi connectivity index (χ0n) is 28.6. The van der Waals surface area contributed by atoms with Crippen LogP contribution in [0.1, 0.15) is 0 Å². The molecule has 0 N–H and O–H groups in total. The maximum Gasteiger partial charge on any atom is 0.115 e. The Morgan fingerprint density at radius 2 is 0.774 bits per heavy atom. The minimum Gasteiger partial charge on any atom is -0.310 e. The van der Waals surface area contributed by atoms with Crippen LogP contribution >= 0.6 is 0 Å². The summed E-state index contributed by atoms with van der Waals surface area (Å²) in [5.74, 6) is 0. The van der Waals surface area contributed by atoms with Crippen LogP contribution < -0.4 is 21.9 Å². The third-order valence-corrected chi connectivity index (χ3v) is 11.1. The average molecular weight is 663 g/mol. The van der Waals surface area contributed by atoms with Crippen LogP contribution in [0.2, 0.25) is 0 Å². The van der Waals surface area contributed by atoms with E-state index in [0.717, 1.165) is 55.0 Å². The third-order valence-electron chi connectivity index (χ3n) is 11.1. The molecule has 7 heteroatoms. The molecule has 11 aromatic rings. The van der Waals surface area contributed by atoms with Crippen LogP contribution in [0, 0.1) is 0 Å². The highest BCUT2D eigenvalue weighted by Gasteiger charge is 2.24. The van der Waals surface area contributed by atoms with Gasteiger partial charge in [-0.05, 0) is 53.9 Å². The molecule has 11 rings (SSSR count). The quantitative estimate of drug-likeness (QED) is 0.176. The Balaban J connectivity index is 1.34. The molecule has 0 spiro atoms. The molecule has 3 heterocycles. The van der Waals surface area contributed by atoms with Crippen molar-refractivity contribution in [3.8, 4) is 17.1 Å². The van der Waals surface area contributed by atoms with Gasteiger partial charge in [0.15, 0.2) is 0 Å². The van der Waals surface area contributed by atoms with Crippen molar-refractivity contribution in [1.29, 1.82) is 0 Å². The Labute approximate surface area is 310 Å². The van der Waals surface area contributed by atoms with Gasteiger partial charge in [0.1, 0.15) is 31.4 Å². The first kappa shape index (κ1) is 30.3. The third kappa shape index (κ3) is 4.05. The Morgan fingerprint density at radius 1 is 0.321 bits per heavy atom. The van der Waals surface area contributed by atoms with Gasteiger partial charge in [-0.15, -0.1) is 10.9 Å². The maximum absolute atomic E-state index is 6.77. The second-order valence-electron chi connectivity index (χ2n) is 13.8. The Kier molecular flexibility index (Phi) is 6.34. The van der Waals surface area contributed by atoms with E-state index in [1.807, 2.05) is 6.07 Å². The zero-order chi connectivity index (χ0) is 35.5. The number of benzene rings is 8. The first-order valence-electron chi connectivity index (χ1n) is 17.7. The van der Waals surface area contributed by atoms with Crippen LogP contribution in [-0.2, 0) is 0 Å². The second kappa shape index (κ2) is 11.1. The van der Waals surface area contributed by atoms with E-state index in [1.54, 1.807) is 6.07 Å². The van der Waals surface area contributed by atoms with Gasteiger partial charge in [0.2, 0.25) is 0 Å². The van der Waals surface area contributed by atoms with Gasteiger partial charge < -0.3 is 13.7 Å². The van der Waals surface area contributed by atoms with Crippen molar-refractivity contribution in [1.82, 2.24) is 13.7 Å². The smallest absolute Gasteiger partial charge is 0.115 e. The van der Waals surface area contributed by atoms with Crippen LogP contribution in [0.5, 0.6) is 0 Å². The maximum atomic E-state index is 6.77. The fourth-order valence-electron chi connectivity index (χ4n) is 8.85. The van der Waals surface area contributed by atoms with Crippen LogP contribution in [0.25, 0.3) is 93.3 Å². The first-order chi connectivity index (χ1) is 26.0. The van der Waals surface area contributed by atoms with E-state index in [4.69, 9.17) is 31.4 Å². The highest BCUT2D eigenvalue weighted by molar-refractivity contribution is 6.58. The first-order valence-corrected chi connectivity index (χ1v) is 17.7. The van der Waals surface area contributed by atoms with E-state index in [-0.39, 0.29) is 0 Å². The molecule has 0 fully saturated rings. The molecule has 0 aliphatic rings. The molecule has 0 unspecified atom stereocenters. The summed E-state index contributed by atoms with van der Waals surface area (Å²) in [4.78, 5) is 0. The fourth-order valence-corrected chi connectivity index (χ4v) is 8.85. The minimum atomic E-state index is 0.389. The molecule has 0 amide bonds. The lowest BCUT2D eigenvalue weighted by molar-refractivity contribution is 1.17. The molecule has 236 valence electrons. The van der Waals surface area contributed by atoms with Gasteiger partial charge in [-0.1, -0.05) is 114 Å². The molecular formula is C46H25B4N3. The molecule has 3 nitrogen and oxygen atoms in total. The van der Waals surface area contributed by atoms with Gasteiger partial charge in [-0.25, -0.2) is 0 Å². The summed E-state index contributed by atoms with van der Waals surface area (Å²) in [6.07, 6.45) is 0. The molecule has 0 bridgehead atoms. The fraction of sp³-hybridized carbons (Fsp3) is 0. The van der Waals surface area contributed by atoms with E-state index >= 15 is 0 Å². The summed E-state index contributed by atoms with van der Waals surface area (Å²) in [6.45, 7) is 0. The number of nitrogens with zero attached hydrogens (tertiary/aromatic N) is 3. The molecule has 0 aliphatic carbocycles. The van der Waals surface area contributed by atoms with Gasteiger partial charge in [-0.3, -0.25) is 0 Å². The summed E-state index contributed by atoms with van der Waals surface area (Å²) in [5.41, 5.74) is 10.8. The van der Waals surface area contributed by atoms with E-state index in [0.29, 0.717) is 27.5 Å². The van der Waals surface area contributed by atoms with Crippen molar-refractivity contribution < 1.29 is 0 Å². The van der Waals surface area contributed by atoms with Gasteiger partial charge in [0.05, 0.1) is 38.8 Å². The number of fused-ring (bicyclic) bond motifs is 12. The van der Waals surface area contributed by atoms with Crippen LogP contribution in [0.3, 0.4) is 0 Å². The highest BCUT2D eigenvalue weighted by atomic mass is 15.0. The molecule has 53 heavy (non-hydrogen) atoms. The van der Waals surface area contributed by atoms with Crippen molar-refractivity contribution in [3.05, 3.63) is 152 Å². The molecule has 0 atom stereocenters. The van der Waals surface area contributed by atoms with E-state index < -0.39 is 0 Å². The SMILES string of the molecule is [B]c1cc([B])c([B])c(-n2c3ccccc3c3c4ccccc4c(-n4c5ccccc5c5c6c7ccccc7n(-c7ccccc7)c6ccc54)cc32)c1[B]. The number of hydrogen-bond donors (Lipinski definition) is 0. The van der Waals surface area contributed by atoms with Crippen molar-refractivity contribution in [2.24, 2.45) is 0 Å². The number of hydrogen-bond acceptors (Lipinski definition) is 0. The topological polar surface area (TPSA) is 14.8 Å². The summed E-state index contributed by atoms with van der Waals surface area (Å²) >= 11 is 0. The lowest BCUT2D eigenvalue weighted by Gasteiger charge is -2.21. The second-order valence-corrected chi connectivity index (χ2v) is 13.8. The Hall–Kier alpha value is -6.32. The van der Waals surface area contributed by atoms with Gasteiger partial charge in [0.25, 0.3) is 0 Å². The minimum absolute atomic E-state index is 0.389. The standard InChI is InChI=1S/C46H25B4N3/c47-32-24-33(48)45(50)46(44(32)49)53-36-21-11-6-16-29(36)41-28-15-5-4-14-27(28)39(25-40(41)53)52-35-20-10-8-18-31(35)43-38(52)23-22-37-42(43)30-17-7-9-19-34(30)51(37)26-12-2-1-3-13-26/h1-25H. The lowest BCUT2D eigenvalue weighted by Crippen LogP contribution is -2.43. The molecule has 8 radical (unpaired) electrons. The summed E-state index contributed by atoms with van der Waals surface area (Å²) in [5, 5.41) is 9.29. The van der Waals surface area contributed by atoms with Gasteiger partial charge in [0, 0.05) is 49.1 Å². The highest BCUT2D eigenvalue weighted by Crippen LogP contribution is 2.45. The number of aromatic nitrogens is 3. The van der Waals surface area contributed by atoms with E-state index in [2.05, 4.69) is 153 Å². The largest absolute Gasteiger partial charge is 0.310 e. The summed E-state index contributed by atoms with van der Waals surface area (Å²) in [6, 6.07) is 53.5. The molecule has 0 aliphatic heterocycles. The molecule has 8 aromatic carbocycles. The average Bonchev–Trinajstić information content (AvgIpc) is 3.83. The van der Waals surface area contributed by atoms with Crippen LogP contribution in [0.15, 0.2) is 152 Å². The van der Waals surface area contributed by atoms with Crippen molar-refractivity contribution in [3.63, 3.8) is 0 Å². The molecule has 0 saturated heterocycles. The lowest BCUT2D eigenvalue weighted by atomic mass is 9.69. The van der Waals surface area contributed by atoms with E-state index in [1.165, 1.54) is 32.6 Å². The monoisotopic (exact) mass is 663 g/mol. The van der Waals surface area contributed by atoms with Gasteiger partial charge >= 0.3 is 0 Å². The Bertz CT molecular complexity index is 3310. The van der Waals surface area contributed by atoms with Crippen molar-refractivity contribution >= 4 is 129 Å². The summed E-state index contributed by atoms with van der Waals surface area (Å²) < 4.78 is 6.93. The normalized spacial score (nSPS) is 12.1. The predicted molar refractivity (Wildman–Crippen MR) is 229 cm³/mol. The summed E-state index contributed by atoms with van der Waals surface area (Å²) in [7, 11) is 26.4. The van der Waals surface area contributed by atoms with E-state index in [9.17, 15) is 0 Å². The van der Waals surface area contributed by atoms with Crippen molar-refractivity contribution in [2.45, 2.75) is 0 Å². The van der Waals surface area contributed by atoms with Crippen molar-refractivity contribution in [2.75, 3.05) is 0 Å². The van der Waals surface area contributed by atoms with Gasteiger partial charge in [-0.2, -0.15) is 0 Å². The molecular weight excluding hydrogens is 638 g/mol. The zero-order valence-corrected chi connectivity index (χ0v) is 28.6. The molecule has 3 aromatic heterocycles. The molecule has 0 saturated carbocycles. The van der Waals surface area contributed by atoms with Crippen LogP contribution in [-0.4, -0.2) is 45.1 Å².